The molecule has 1 atom stereocenters. The van der Waals surface area contributed by atoms with Crippen molar-refractivity contribution >= 4 is 11.6 Å². The molecular weight excluding hydrogens is 262 g/mol. The van der Waals surface area contributed by atoms with Gasteiger partial charge in [-0.1, -0.05) is 29.8 Å². The smallest absolute Gasteiger partial charge is 0.161 e. The summed E-state index contributed by atoms with van der Waals surface area (Å²) in [5, 5.41) is 17.5. The van der Waals surface area contributed by atoms with Crippen LogP contribution in [0.25, 0.3) is 0 Å². The molecule has 2 heterocycles. The summed E-state index contributed by atoms with van der Waals surface area (Å²) in [6, 6.07) is 0. The zero-order chi connectivity index (χ0) is 14.1. The molecule has 0 amide bonds. The van der Waals surface area contributed by atoms with Gasteiger partial charge in [0.15, 0.2) is 5.00 Å². The monoisotopic (exact) mass is 281 g/mol. The number of halogens is 1. The van der Waals surface area contributed by atoms with Crippen molar-refractivity contribution in [3.05, 3.63) is 49.0 Å². The Morgan fingerprint density at radius 1 is 1.63 bits per heavy atom. The van der Waals surface area contributed by atoms with E-state index in [0.29, 0.717) is 0 Å². The van der Waals surface area contributed by atoms with Gasteiger partial charge in [-0.05, 0) is 26.0 Å². The summed E-state index contributed by atoms with van der Waals surface area (Å²) in [5.41, 5.74) is -1.09. The van der Waals surface area contributed by atoms with E-state index in [1.54, 1.807) is 19.9 Å². The van der Waals surface area contributed by atoms with Crippen molar-refractivity contribution < 1.29 is 5.11 Å². The van der Waals surface area contributed by atoms with E-state index in [9.17, 15) is 5.11 Å². The lowest BCUT2D eigenvalue weighted by Gasteiger charge is -2.42. The molecule has 0 bridgehead atoms. The first-order chi connectivity index (χ1) is 8.87. The first-order valence-electron chi connectivity index (χ1n) is 6.28. The van der Waals surface area contributed by atoms with Crippen molar-refractivity contribution in [3.63, 3.8) is 0 Å². The second kappa shape index (κ2) is 5.04. The quantitative estimate of drug-likeness (QED) is 0.469. The second-order valence-electron chi connectivity index (χ2n) is 5.20. The number of hydrazine groups is 1. The summed E-state index contributed by atoms with van der Waals surface area (Å²) in [4.78, 5) is -1.02. The summed E-state index contributed by atoms with van der Waals surface area (Å²) >= 11 is 6.47. The normalized spacial score (nSPS) is 27.4. The van der Waals surface area contributed by atoms with Gasteiger partial charge in [-0.2, -0.15) is 0 Å². The molecule has 0 spiro atoms. The topological polar surface area (TPSA) is 38.7 Å². The van der Waals surface area contributed by atoms with Gasteiger partial charge >= 0.3 is 0 Å². The van der Waals surface area contributed by atoms with E-state index in [1.165, 1.54) is 0 Å². The molecule has 5 heteroatoms. The average Bonchev–Trinajstić information content (AvgIpc) is 2.76. The van der Waals surface area contributed by atoms with Gasteiger partial charge in [-0.3, -0.25) is 5.01 Å². The highest BCUT2D eigenvalue weighted by molar-refractivity contribution is 6.26. The summed E-state index contributed by atoms with van der Waals surface area (Å²) in [5.74, 6) is 0.829. The number of aliphatic hydroxyl groups is 1. The standard InChI is InChI=1S/C14H20ClN3O/c1-4-9-17-10-6-11-18(17)12-7-5-8-14(15,16-12)13(2,3)19/h4-8,11,16,19H,1,9-10H2,2-3H3. The van der Waals surface area contributed by atoms with Crippen LogP contribution >= 0.6 is 11.6 Å². The third kappa shape index (κ3) is 2.71. The van der Waals surface area contributed by atoms with Crippen molar-refractivity contribution in [3.8, 4) is 0 Å². The highest BCUT2D eigenvalue weighted by atomic mass is 35.5. The lowest BCUT2D eigenvalue weighted by molar-refractivity contribution is 0.0268. The number of nitrogens with one attached hydrogen (secondary N) is 1. The molecule has 0 aromatic carbocycles. The van der Waals surface area contributed by atoms with Crippen LogP contribution in [0.3, 0.4) is 0 Å². The van der Waals surface area contributed by atoms with E-state index >= 15 is 0 Å². The Hall–Kier alpha value is -1.23. The minimum Gasteiger partial charge on any atom is -0.386 e. The van der Waals surface area contributed by atoms with Crippen LogP contribution in [-0.2, 0) is 0 Å². The van der Waals surface area contributed by atoms with Gasteiger partial charge in [0.25, 0.3) is 0 Å². The highest BCUT2D eigenvalue weighted by Crippen LogP contribution is 2.32. The summed E-state index contributed by atoms with van der Waals surface area (Å²) < 4.78 is 0. The van der Waals surface area contributed by atoms with Crippen LogP contribution in [0.1, 0.15) is 13.8 Å². The lowest BCUT2D eigenvalue weighted by Crippen LogP contribution is -2.57. The SMILES string of the molecule is C=CCN1CC=CN1C1=CC=CC(Cl)(C(C)(C)O)N1. The van der Waals surface area contributed by atoms with Crippen LogP contribution in [0.2, 0.25) is 0 Å². The molecule has 2 rings (SSSR count). The van der Waals surface area contributed by atoms with Crippen LogP contribution in [-0.4, -0.2) is 38.8 Å². The molecule has 104 valence electrons. The van der Waals surface area contributed by atoms with Gasteiger partial charge < -0.3 is 10.4 Å². The van der Waals surface area contributed by atoms with Gasteiger partial charge in [-0.15, -0.1) is 6.58 Å². The molecule has 0 fully saturated rings. The number of dihydropyridines is 1. The van der Waals surface area contributed by atoms with Crippen molar-refractivity contribution in [1.82, 2.24) is 15.3 Å². The van der Waals surface area contributed by atoms with Crippen LogP contribution in [0, 0.1) is 0 Å². The first kappa shape index (κ1) is 14.2. The molecular formula is C14H20ClN3O. The van der Waals surface area contributed by atoms with Gasteiger partial charge in [0.1, 0.15) is 5.82 Å². The Morgan fingerprint density at radius 2 is 2.37 bits per heavy atom. The molecule has 0 saturated heterocycles. The number of hydrogen-bond acceptors (Lipinski definition) is 4. The predicted octanol–water partition coefficient (Wildman–Crippen LogP) is 1.93. The first-order valence-corrected chi connectivity index (χ1v) is 6.66. The van der Waals surface area contributed by atoms with E-state index in [1.807, 2.05) is 29.4 Å². The maximum atomic E-state index is 10.2. The Bertz CT molecular complexity index is 450. The van der Waals surface area contributed by atoms with E-state index < -0.39 is 10.6 Å². The van der Waals surface area contributed by atoms with Gasteiger partial charge in [0, 0.05) is 19.3 Å². The van der Waals surface area contributed by atoms with Crippen LogP contribution in [0.4, 0.5) is 0 Å². The van der Waals surface area contributed by atoms with Crippen LogP contribution in [0.5, 0.6) is 0 Å². The largest absolute Gasteiger partial charge is 0.386 e. The molecule has 0 radical (unpaired) electrons. The van der Waals surface area contributed by atoms with Gasteiger partial charge in [0.2, 0.25) is 0 Å². The molecule has 0 saturated carbocycles. The number of hydrogen-bond donors (Lipinski definition) is 2. The van der Waals surface area contributed by atoms with Gasteiger partial charge in [-0.25, -0.2) is 5.01 Å². The van der Waals surface area contributed by atoms with Crippen molar-refractivity contribution in [2.24, 2.45) is 0 Å². The molecule has 1 unspecified atom stereocenters. The number of allylic oxidation sites excluding steroid dienone is 2. The Balaban J connectivity index is 2.19. The Labute approximate surface area is 119 Å². The van der Waals surface area contributed by atoms with E-state index in [-0.39, 0.29) is 0 Å². The lowest BCUT2D eigenvalue weighted by atomic mass is 9.96. The fourth-order valence-electron chi connectivity index (χ4n) is 2.03. The second-order valence-corrected chi connectivity index (χ2v) is 5.79. The fourth-order valence-corrected chi connectivity index (χ4v) is 2.20. The molecule has 2 N–H and O–H groups in total. The van der Waals surface area contributed by atoms with E-state index in [4.69, 9.17) is 11.6 Å². The number of nitrogens with zero attached hydrogens (tertiary/aromatic N) is 2. The third-order valence-electron chi connectivity index (χ3n) is 3.23. The molecule has 2 aliphatic heterocycles. The maximum absolute atomic E-state index is 10.2. The number of rotatable bonds is 4. The van der Waals surface area contributed by atoms with E-state index in [0.717, 1.165) is 18.9 Å². The summed E-state index contributed by atoms with van der Waals surface area (Å²) in [6.07, 6.45) is 11.4. The molecule has 0 aromatic rings. The average molecular weight is 282 g/mol. The molecule has 0 aliphatic carbocycles. The van der Waals surface area contributed by atoms with Gasteiger partial charge in [0.05, 0.1) is 5.60 Å². The number of alkyl halides is 1. The van der Waals surface area contributed by atoms with Crippen LogP contribution < -0.4 is 5.32 Å². The summed E-state index contributed by atoms with van der Waals surface area (Å²) in [6.45, 7) is 8.69. The minimum absolute atomic E-state index is 0.744. The molecule has 2 aliphatic rings. The van der Waals surface area contributed by atoms with Crippen molar-refractivity contribution in [2.75, 3.05) is 13.1 Å². The van der Waals surface area contributed by atoms with Crippen molar-refractivity contribution in [2.45, 2.75) is 24.4 Å². The Kier molecular flexibility index (Phi) is 3.76. The Morgan fingerprint density at radius 3 is 3.00 bits per heavy atom. The zero-order valence-electron chi connectivity index (χ0n) is 11.3. The summed E-state index contributed by atoms with van der Waals surface area (Å²) in [7, 11) is 0. The molecule has 0 aromatic heterocycles. The molecule has 4 nitrogen and oxygen atoms in total. The third-order valence-corrected chi connectivity index (χ3v) is 3.92. The van der Waals surface area contributed by atoms with E-state index in [2.05, 4.69) is 23.0 Å². The fraction of sp³-hybridized carbons (Fsp3) is 0.429. The van der Waals surface area contributed by atoms with Crippen LogP contribution in [0.15, 0.2) is 49.0 Å². The molecule has 19 heavy (non-hydrogen) atoms. The minimum atomic E-state index is -1.09. The zero-order valence-corrected chi connectivity index (χ0v) is 12.1. The highest BCUT2D eigenvalue weighted by Gasteiger charge is 2.42. The predicted molar refractivity (Wildman–Crippen MR) is 78.0 cm³/mol. The maximum Gasteiger partial charge on any atom is 0.161 e. The van der Waals surface area contributed by atoms with Crippen molar-refractivity contribution in [1.29, 1.82) is 0 Å².